The maximum absolute atomic E-state index is 11.9. The molecule has 0 aromatic heterocycles. The highest BCUT2D eigenvalue weighted by atomic mass is 16.2. The van der Waals surface area contributed by atoms with E-state index in [1.54, 1.807) is 16.8 Å². The van der Waals surface area contributed by atoms with Crippen molar-refractivity contribution in [2.45, 2.75) is 6.42 Å². The second kappa shape index (κ2) is 7.70. The first-order chi connectivity index (χ1) is 8.99. The molecule has 1 saturated heterocycles. The third-order valence-corrected chi connectivity index (χ3v) is 2.86. The molecule has 0 saturated carbocycles. The van der Waals surface area contributed by atoms with Crippen LogP contribution in [0.25, 0.3) is 0 Å². The Hall–Kier alpha value is -1.67. The van der Waals surface area contributed by atoms with Gasteiger partial charge in [-0.05, 0) is 7.05 Å². The minimum Gasteiger partial charge on any atom is -0.351 e. The summed E-state index contributed by atoms with van der Waals surface area (Å²) >= 11 is 0. The van der Waals surface area contributed by atoms with Crippen LogP contribution in [0.15, 0.2) is 0 Å². The van der Waals surface area contributed by atoms with E-state index < -0.39 is 11.9 Å². The SMILES string of the molecule is CN(CCC(=O)NC(N)=O)CC(=O)N1CCNCC1. The number of nitrogens with one attached hydrogen (secondary N) is 2. The van der Waals surface area contributed by atoms with Crippen molar-refractivity contribution in [1.82, 2.24) is 20.4 Å². The number of piperazine rings is 1. The molecule has 108 valence electrons. The number of nitrogens with zero attached hydrogens (tertiary/aromatic N) is 2. The molecular formula is C11H21N5O3. The first-order valence-corrected chi connectivity index (χ1v) is 6.25. The molecule has 0 aromatic carbocycles. The summed E-state index contributed by atoms with van der Waals surface area (Å²) in [5.41, 5.74) is 4.83. The van der Waals surface area contributed by atoms with Gasteiger partial charge in [0.1, 0.15) is 0 Å². The van der Waals surface area contributed by atoms with Crippen LogP contribution in [0.5, 0.6) is 0 Å². The lowest BCUT2D eigenvalue weighted by atomic mass is 10.3. The summed E-state index contributed by atoms with van der Waals surface area (Å²) < 4.78 is 0. The van der Waals surface area contributed by atoms with Gasteiger partial charge in [0, 0.05) is 39.1 Å². The van der Waals surface area contributed by atoms with Crippen LogP contribution >= 0.6 is 0 Å². The molecule has 0 atom stereocenters. The molecule has 4 amide bonds. The van der Waals surface area contributed by atoms with Crippen molar-refractivity contribution < 1.29 is 14.4 Å². The van der Waals surface area contributed by atoms with Crippen molar-refractivity contribution >= 4 is 17.8 Å². The number of rotatable bonds is 5. The molecule has 1 heterocycles. The van der Waals surface area contributed by atoms with Gasteiger partial charge in [0.05, 0.1) is 6.54 Å². The Labute approximate surface area is 112 Å². The van der Waals surface area contributed by atoms with Gasteiger partial charge in [-0.3, -0.25) is 19.8 Å². The minimum atomic E-state index is -0.857. The highest BCUT2D eigenvalue weighted by molar-refractivity contribution is 5.93. The highest BCUT2D eigenvalue weighted by Gasteiger charge is 2.17. The van der Waals surface area contributed by atoms with Crippen LogP contribution in [0.1, 0.15) is 6.42 Å². The fourth-order valence-electron chi connectivity index (χ4n) is 1.82. The van der Waals surface area contributed by atoms with E-state index in [0.717, 1.165) is 26.2 Å². The van der Waals surface area contributed by atoms with Crippen molar-refractivity contribution in [3.8, 4) is 0 Å². The van der Waals surface area contributed by atoms with Gasteiger partial charge in [-0.1, -0.05) is 0 Å². The van der Waals surface area contributed by atoms with E-state index in [-0.39, 0.29) is 18.9 Å². The number of imide groups is 1. The zero-order chi connectivity index (χ0) is 14.3. The van der Waals surface area contributed by atoms with Crippen LogP contribution in [0.3, 0.4) is 0 Å². The maximum atomic E-state index is 11.9. The van der Waals surface area contributed by atoms with Crippen LogP contribution in [0.4, 0.5) is 4.79 Å². The van der Waals surface area contributed by atoms with E-state index in [4.69, 9.17) is 5.73 Å². The third kappa shape index (κ3) is 6.16. The van der Waals surface area contributed by atoms with Gasteiger partial charge >= 0.3 is 6.03 Å². The van der Waals surface area contributed by atoms with E-state index in [0.29, 0.717) is 6.54 Å². The zero-order valence-corrected chi connectivity index (χ0v) is 11.1. The van der Waals surface area contributed by atoms with Crippen molar-refractivity contribution in [1.29, 1.82) is 0 Å². The fraction of sp³-hybridized carbons (Fsp3) is 0.727. The number of carbonyl (C=O) groups excluding carboxylic acids is 3. The molecule has 1 aliphatic heterocycles. The van der Waals surface area contributed by atoms with Crippen LogP contribution in [-0.4, -0.2) is 74.0 Å². The van der Waals surface area contributed by atoms with E-state index in [1.165, 1.54) is 0 Å². The lowest BCUT2D eigenvalue weighted by molar-refractivity contribution is -0.133. The summed E-state index contributed by atoms with van der Waals surface area (Å²) in [6.07, 6.45) is 0.133. The number of likely N-dealkylation sites (N-methyl/N-ethyl adjacent to an activating group) is 1. The number of urea groups is 1. The molecule has 1 aliphatic rings. The van der Waals surface area contributed by atoms with Gasteiger partial charge in [0.2, 0.25) is 11.8 Å². The molecule has 8 heteroatoms. The second-order valence-electron chi connectivity index (χ2n) is 4.53. The predicted molar refractivity (Wildman–Crippen MR) is 69.3 cm³/mol. The fourth-order valence-corrected chi connectivity index (χ4v) is 1.82. The molecule has 0 unspecified atom stereocenters. The Kier molecular flexibility index (Phi) is 6.23. The molecule has 1 fully saturated rings. The summed E-state index contributed by atoms with van der Waals surface area (Å²) in [6.45, 7) is 3.73. The number of nitrogens with two attached hydrogens (primary N) is 1. The number of primary amides is 1. The molecule has 4 N–H and O–H groups in total. The van der Waals surface area contributed by atoms with E-state index in [9.17, 15) is 14.4 Å². The zero-order valence-electron chi connectivity index (χ0n) is 11.1. The molecule has 0 aromatic rings. The minimum absolute atomic E-state index is 0.0549. The van der Waals surface area contributed by atoms with Crippen LogP contribution in [0, 0.1) is 0 Å². The molecular weight excluding hydrogens is 250 g/mol. The Bertz CT molecular complexity index is 341. The largest absolute Gasteiger partial charge is 0.351 e. The molecule has 19 heavy (non-hydrogen) atoms. The normalized spacial score (nSPS) is 15.4. The summed E-state index contributed by atoms with van der Waals surface area (Å²) in [4.78, 5) is 37.1. The first-order valence-electron chi connectivity index (χ1n) is 6.25. The molecule has 1 rings (SSSR count). The van der Waals surface area contributed by atoms with Gasteiger partial charge in [-0.2, -0.15) is 0 Å². The molecule has 0 bridgehead atoms. The summed E-state index contributed by atoms with van der Waals surface area (Å²) in [5.74, 6) is -0.381. The van der Waals surface area contributed by atoms with Crippen molar-refractivity contribution in [3.63, 3.8) is 0 Å². The predicted octanol–water partition coefficient (Wildman–Crippen LogP) is -2.06. The Morgan fingerprint density at radius 3 is 2.53 bits per heavy atom. The summed E-state index contributed by atoms with van der Waals surface area (Å²) in [6, 6.07) is -0.857. The third-order valence-electron chi connectivity index (χ3n) is 2.86. The van der Waals surface area contributed by atoms with Gasteiger partial charge in [-0.15, -0.1) is 0 Å². The number of hydrogen-bond acceptors (Lipinski definition) is 5. The maximum Gasteiger partial charge on any atom is 0.318 e. The molecule has 0 aliphatic carbocycles. The van der Waals surface area contributed by atoms with Crippen LogP contribution < -0.4 is 16.4 Å². The quantitative estimate of drug-likeness (QED) is 0.532. The van der Waals surface area contributed by atoms with Gasteiger partial charge in [-0.25, -0.2) is 4.79 Å². The average Bonchev–Trinajstić information content (AvgIpc) is 2.36. The number of hydrogen-bond donors (Lipinski definition) is 3. The van der Waals surface area contributed by atoms with Gasteiger partial charge in [0.15, 0.2) is 0 Å². The molecule has 0 spiro atoms. The Balaban J connectivity index is 2.22. The Morgan fingerprint density at radius 2 is 1.95 bits per heavy atom. The Morgan fingerprint density at radius 1 is 1.32 bits per heavy atom. The summed E-state index contributed by atoms with van der Waals surface area (Å²) in [5, 5.41) is 5.16. The van der Waals surface area contributed by atoms with E-state index >= 15 is 0 Å². The van der Waals surface area contributed by atoms with E-state index in [1.807, 2.05) is 5.32 Å². The summed E-state index contributed by atoms with van der Waals surface area (Å²) in [7, 11) is 1.76. The van der Waals surface area contributed by atoms with E-state index in [2.05, 4.69) is 5.32 Å². The smallest absolute Gasteiger partial charge is 0.318 e. The van der Waals surface area contributed by atoms with Crippen molar-refractivity contribution in [2.24, 2.45) is 5.73 Å². The lowest BCUT2D eigenvalue weighted by Gasteiger charge is -2.29. The average molecular weight is 271 g/mol. The van der Waals surface area contributed by atoms with Crippen molar-refractivity contribution in [3.05, 3.63) is 0 Å². The molecule has 0 radical (unpaired) electrons. The lowest BCUT2D eigenvalue weighted by Crippen LogP contribution is -2.49. The topological polar surface area (TPSA) is 108 Å². The van der Waals surface area contributed by atoms with Crippen LogP contribution in [0.2, 0.25) is 0 Å². The second-order valence-corrected chi connectivity index (χ2v) is 4.53. The molecule has 8 nitrogen and oxygen atoms in total. The standard InChI is InChI=1S/C11H21N5O3/c1-15(5-2-9(17)14-11(12)19)8-10(18)16-6-3-13-4-7-16/h13H,2-8H2,1H3,(H3,12,14,17,19). The van der Waals surface area contributed by atoms with Gasteiger partial charge in [0.25, 0.3) is 0 Å². The monoisotopic (exact) mass is 271 g/mol. The van der Waals surface area contributed by atoms with Crippen molar-refractivity contribution in [2.75, 3.05) is 46.3 Å². The first kappa shape index (κ1) is 15.4. The van der Waals surface area contributed by atoms with Crippen LogP contribution in [-0.2, 0) is 9.59 Å². The number of amides is 4. The highest BCUT2D eigenvalue weighted by Crippen LogP contribution is 1.96. The van der Waals surface area contributed by atoms with Gasteiger partial charge < -0.3 is 16.0 Å². The number of carbonyl (C=O) groups is 3.